The molecular weight excluding hydrogens is 422 g/mol. The SMILES string of the molecule is NC1=NCc2cc(CNC(=O)c3ccnc(Cc4ccc5ncc(Cl)cc5c4)c3)ccc21. The Morgan fingerprint density at radius 3 is 2.81 bits per heavy atom. The predicted molar refractivity (Wildman–Crippen MR) is 126 cm³/mol. The second-order valence-electron chi connectivity index (χ2n) is 7.77. The molecule has 0 aliphatic carbocycles. The third kappa shape index (κ3) is 4.18. The number of hydrogen-bond acceptors (Lipinski definition) is 5. The maximum atomic E-state index is 12.7. The van der Waals surface area contributed by atoms with Crippen LogP contribution in [0, 0.1) is 0 Å². The number of nitrogens with one attached hydrogen (secondary N) is 1. The molecule has 3 heterocycles. The summed E-state index contributed by atoms with van der Waals surface area (Å²) in [6, 6.07) is 17.4. The number of amidine groups is 1. The van der Waals surface area contributed by atoms with E-state index in [0.717, 1.165) is 38.9 Å². The van der Waals surface area contributed by atoms with Gasteiger partial charge in [0.15, 0.2) is 0 Å². The van der Waals surface area contributed by atoms with Crippen LogP contribution in [-0.2, 0) is 19.5 Å². The van der Waals surface area contributed by atoms with Crippen molar-refractivity contribution < 1.29 is 4.79 Å². The highest BCUT2D eigenvalue weighted by molar-refractivity contribution is 6.31. The quantitative estimate of drug-likeness (QED) is 0.489. The van der Waals surface area contributed by atoms with Gasteiger partial charge in [0.25, 0.3) is 5.91 Å². The number of pyridine rings is 2. The Morgan fingerprint density at radius 1 is 1.03 bits per heavy atom. The lowest BCUT2D eigenvalue weighted by molar-refractivity contribution is 0.0950. The molecule has 3 N–H and O–H groups in total. The van der Waals surface area contributed by atoms with Gasteiger partial charge in [-0.3, -0.25) is 19.8 Å². The fourth-order valence-electron chi connectivity index (χ4n) is 3.87. The summed E-state index contributed by atoms with van der Waals surface area (Å²) in [5, 5.41) is 4.56. The first kappa shape index (κ1) is 20.2. The summed E-state index contributed by atoms with van der Waals surface area (Å²) in [4.78, 5) is 25.7. The smallest absolute Gasteiger partial charge is 0.251 e. The lowest BCUT2D eigenvalue weighted by atomic mass is 10.0. The summed E-state index contributed by atoms with van der Waals surface area (Å²) in [7, 11) is 0. The number of hydrogen-bond donors (Lipinski definition) is 2. The molecule has 32 heavy (non-hydrogen) atoms. The predicted octanol–water partition coefficient (Wildman–Crippen LogP) is 4.02. The van der Waals surface area contributed by atoms with Crippen molar-refractivity contribution in [2.75, 3.05) is 0 Å². The molecule has 0 bridgehead atoms. The van der Waals surface area contributed by atoms with E-state index in [1.54, 1.807) is 18.5 Å². The molecule has 2 aromatic heterocycles. The molecule has 0 saturated heterocycles. The zero-order valence-corrected chi connectivity index (χ0v) is 17.9. The summed E-state index contributed by atoms with van der Waals surface area (Å²) in [6.07, 6.45) is 3.91. The fraction of sp³-hybridized carbons (Fsp3) is 0.120. The average molecular weight is 442 g/mol. The van der Waals surface area contributed by atoms with E-state index in [1.807, 2.05) is 48.5 Å². The molecule has 4 aromatic rings. The minimum atomic E-state index is -0.139. The number of benzene rings is 2. The Hall–Kier alpha value is -3.77. The van der Waals surface area contributed by atoms with Gasteiger partial charge < -0.3 is 11.1 Å². The first-order valence-electron chi connectivity index (χ1n) is 10.2. The van der Waals surface area contributed by atoms with Crippen molar-refractivity contribution in [2.24, 2.45) is 10.7 Å². The van der Waals surface area contributed by atoms with E-state index in [0.29, 0.717) is 35.9 Å². The van der Waals surface area contributed by atoms with Crippen molar-refractivity contribution in [3.05, 3.63) is 106 Å². The van der Waals surface area contributed by atoms with Crippen LogP contribution in [0.25, 0.3) is 10.9 Å². The van der Waals surface area contributed by atoms with Crippen molar-refractivity contribution in [1.82, 2.24) is 15.3 Å². The van der Waals surface area contributed by atoms with Crippen LogP contribution in [0.2, 0.25) is 5.02 Å². The van der Waals surface area contributed by atoms with Gasteiger partial charge >= 0.3 is 0 Å². The summed E-state index contributed by atoms with van der Waals surface area (Å²) in [5.41, 5.74) is 12.3. The molecule has 5 rings (SSSR count). The topological polar surface area (TPSA) is 93.3 Å². The lowest BCUT2D eigenvalue weighted by Gasteiger charge is -2.09. The van der Waals surface area contributed by atoms with Crippen LogP contribution in [0.15, 0.2) is 72.0 Å². The molecule has 1 aliphatic heterocycles. The van der Waals surface area contributed by atoms with Crippen LogP contribution in [0.4, 0.5) is 0 Å². The van der Waals surface area contributed by atoms with E-state index in [9.17, 15) is 4.79 Å². The molecule has 0 radical (unpaired) electrons. The van der Waals surface area contributed by atoms with Crippen LogP contribution in [0.5, 0.6) is 0 Å². The number of halogens is 1. The lowest BCUT2D eigenvalue weighted by Crippen LogP contribution is -2.23. The third-order valence-corrected chi connectivity index (χ3v) is 5.70. The van der Waals surface area contributed by atoms with Gasteiger partial charge in [0.2, 0.25) is 0 Å². The number of aliphatic imine (C=N–C) groups is 1. The molecule has 6 nitrogen and oxygen atoms in total. The zero-order chi connectivity index (χ0) is 22.1. The number of aromatic nitrogens is 2. The van der Waals surface area contributed by atoms with Crippen molar-refractivity contribution in [3.8, 4) is 0 Å². The molecule has 0 spiro atoms. The third-order valence-electron chi connectivity index (χ3n) is 5.49. The van der Waals surface area contributed by atoms with Crippen molar-refractivity contribution in [2.45, 2.75) is 19.5 Å². The number of rotatable bonds is 5. The van der Waals surface area contributed by atoms with Gasteiger partial charge in [0, 0.05) is 47.6 Å². The van der Waals surface area contributed by atoms with E-state index >= 15 is 0 Å². The largest absolute Gasteiger partial charge is 0.383 e. The molecule has 1 amide bonds. The highest BCUT2D eigenvalue weighted by Crippen LogP contribution is 2.20. The van der Waals surface area contributed by atoms with Gasteiger partial charge in [-0.15, -0.1) is 0 Å². The molecule has 7 heteroatoms. The molecule has 0 unspecified atom stereocenters. The molecule has 158 valence electrons. The van der Waals surface area contributed by atoms with Crippen LogP contribution in [0.1, 0.15) is 38.3 Å². The molecule has 1 aliphatic rings. The average Bonchev–Trinajstić information content (AvgIpc) is 3.17. The first-order valence-corrected chi connectivity index (χ1v) is 10.6. The van der Waals surface area contributed by atoms with Gasteiger partial charge in [-0.1, -0.05) is 35.9 Å². The minimum absolute atomic E-state index is 0.139. The number of carbonyl (C=O) groups is 1. The monoisotopic (exact) mass is 441 g/mol. The van der Waals surface area contributed by atoms with E-state index in [4.69, 9.17) is 17.3 Å². The minimum Gasteiger partial charge on any atom is -0.383 e. The van der Waals surface area contributed by atoms with Crippen LogP contribution in [0.3, 0.4) is 0 Å². The summed E-state index contributed by atoms with van der Waals surface area (Å²) in [6.45, 7) is 1.02. The molecule has 2 aromatic carbocycles. The zero-order valence-electron chi connectivity index (χ0n) is 17.2. The Bertz CT molecular complexity index is 1380. The van der Waals surface area contributed by atoms with Gasteiger partial charge in [-0.05, 0) is 47.0 Å². The highest BCUT2D eigenvalue weighted by atomic mass is 35.5. The summed E-state index contributed by atoms with van der Waals surface area (Å²) in [5.74, 6) is 0.435. The second kappa shape index (κ2) is 8.40. The Kier molecular flexibility index (Phi) is 5.29. The van der Waals surface area contributed by atoms with E-state index < -0.39 is 0 Å². The number of fused-ring (bicyclic) bond motifs is 2. The molecular formula is C25H20ClN5O. The second-order valence-corrected chi connectivity index (χ2v) is 8.21. The Balaban J connectivity index is 1.27. The van der Waals surface area contributed by atoms with Gasteiger partial charge in [0.1, 0.15) is 5.84 Å². The fourth-order valence-corrected chi connectivity index (χ4v) is 4.03. The maximum Gasteiger partial charge on any atom is 0.251 e. The standard InChI is InChI=1S/C25H20ClN5O/c26-20-10-18-7-15(2-4-23(18)29-14-20)9-21-11-17(5-6-28-21)25(32)31-12-16-1-3-22-19(8-16)13-30-24(22)27/h1-8,10-11,14H,9,12-13H2,(H2,27,30)(H,31,32). The summed E-state index contributed by atoms with van der Waals surface area (Å²) >= 11 is 6.06. The molecule has 0 atom stereocenters. The van der Waals surface area contributed by atoms with Crippen LogP contribution in [-0.4, -0.2) is 21.7 Å². The maximum absolute atomic E-state index is 12.7. The first-order chi connectivity index (χ1) is 15.5. The molecule has 0 fully saturated rings. The van der Waals surface area contributed by atoms with Crippen molar-refractivity contribution >= 4 is 34.2 Å². The van der Waals surface area contributed by atoms with Crippen molar-refractivity contribution in [1.29, 1.82) is 0 Å². The Labute approximate surface area is 190 Å². The Morgan fingerprint density at radius 2 is 1.91 bits per heavy atom. The molecule has 0 saturated carbocycles. The van der Waals surface area contributed by atoms with Gasteiger partial charge in [-0.25, -0.2) is 0 Å². The van der Waals surface area contributed by atoms with E-state index in [-0.39, 0.29) is 5.91 Å². The van der Waals surface area contributed by atoms with Crippen LogP contribution >= 0.6 is 11.6 Å². The van der Waals surface area contributed by atoms with E-state index in [1.165, 1.54) is 0 Å². The highest BCUT2D eigenvalue weighted by Gasteiger charge is 2.14. The normalized spacial score (nSPS) is 12.5. The van der Waals surface area contributed by atoms with Crippen molar-refractivity contribution in [3.63, 3.8) is 0 Å². The van der Waals surface area contributed by atoms with Gasteiger partial charge in [0.05, 0.1) is 17.1 Å². The number of carbonyl (C=O) groups excluding carboxylic acids is 1. The summed E-state index contributed by atoms with van der Waals surface area (Å²) < 4.78 is 0. The number of nitrogens with zero attached hydrogens (tertiary/aromatic N) is 3. The van der Waals surface area contributed by atoms with Gasteiger partial charge in [-0.2, -0.15) is 0 Å². The van der Waals surface area contributed by atoms with E-state index in [2.05, 4.69) is 20.3 Å². The van der Waals surface area contributed by atoms with Crippen LogP contribution < -0.4 is 11.1 Å². The number of amides is 1. The number of nitrogens with two attached hydrogens (primary N) is 1.